The summed E-state index contributed by atoms with van der Waals surface area (Å²) in [5, 5.41) is 5.10. The van der Waals surface area contributed by atoms with Crippen molar-refractivity contribution in [3.8, 4) is 0 Å². The summed E-state index contributed by atoms with van der Waals surface area (Å²) in [4.78, 5) is 26.3. The smallest absolute Gasteiger partial charge is 0.317 e. The van der Waals surface area contributed by atoms with Gasteiger partial charge < -0.3 is 10.6 Å². The van der Waals surface area contributed by atoms with E-state index in [1.54, 1.807) is 0 Å². The zero-order chi connectivity index (χ0) is 12.6. The third-order valence-corrected chi connectivity index (χ3v) is 2.13. The molecule has 2 amide bonds. The van der Waals surface area contributed by atoms with Gasteiger partial charge in [-0.05, 0) is 27.7 Å². The van der Waals surface area contributed by atoms with Crippen LogP contribution >= 0.6 is 0 Å². The van der Waals surface area contributed by atoms with E-state index in [0.29, 0.717) is 18.8 Å². The fourth-order valence-electron chi connectivity index (χ4n) is 1.33. The number of carbonyl (C=O) groups excluding carboxylic acids is 2. The zero-order valence-corrected chi connectivity index (χ0v) is 10.3. The van der Waals surface area contributed by atoms with Gasteiger partial charge in [0.15, 0.2) is 0 Å². The summed E-state index contributed by atoms with van der Waals surface area (Å²) in [5.41, 5.74) is 0. The van der Waals surface area contributed by atoms with Crippen LogP contribution in [0, 0.1) is 0 Å². The van der Waals surface area contributed by atoms with E-state index >= 15 is 0 Å². The Morgan fingerprint density at radius 1 is 1.25 bits per heavy atom. The summed E-state index contributed by atoms with van der Waals surface area (Å²) in [5.74, 6) is 0. The van der Waals surface area contributed by atoms with E-state index in [-0.39, 0.29) is 12.7 Å². The van der Waals surface area contributed by atoms with Gasteiger partial charge in [-0.25, -0.2) is 9.59 Å². The highest BCUT2D eigenvalue weighted by atomic mass is 16.2. The van der Waals surface area contributed by atoms with Crippen LogP contribution < -0.4 is 10.6 Å². The first kappa shape index (κ1) is 14.6. The lowest BCUT2D eigenvalue weighted by molar-refractivity contribution is 0.160. The van der Waals surface area contributed by atoms with Gasteiger partial charge in [-0.2, -0.15) is 4.99 Å². The number of nitrogens with zero attached hydrogens (tertiary/aromatic N) is 2. The molecule has 0 aliphatic heterocycles. The molecular weight excluding hydrogens is 208 g/mol. The number of aliphatic imine (C=N–C) groups is 1. The Morgan fingerprint density at radius 2 is 1.81 bits per heavy atom. The number of carbonyl (C=O) groups is 1. The Bertz CT molecular complexity index is 252. The molecule has 0 aromatic heterocycles. The number of nitrogens with one attached hydrogen (secondary N) is 2. The fraction of sp³-hybridized carbons (Fsp3) is 0.800. The van der Waals surface area contributed by atoms with Gasteiger partial charge in [0.2, 0.25) is 6.08 Å². The first-order chi connectivity index (χ1) is 7.49. The molecule has 0 rings (SSSR count). The van der Waals surface area contributed by atoms with Crippen molar-refractivity contribution in [2.45, 2.75) is 39.8 Å². The maximum Gasteiger partial charge on any atom is 0.317 e. The van der Waals surface area contributed by atoms with E-state index < -0.39 is 0 Å². The van der Waals surface area contributed by atoms with Crippen LogP contribution in [0.2, 0.25) is 0 Å². The largest absolute Gasteiger partial charge is 0.325 e. The second-order valence-electron chi connectivity index (χ2n) is 3.95. The molecule has 0 aromatic rings. The standard InChI is InChI=1S/C10H20N4O2/c1-8(2)14(9(3)4)6-13-10(16)12-5-11-7-15/h8-9H,5-6H2,1-4H3,(H2,12,13,16). The normalized spacial score (nSPS) is 10.4. The van der Waals surface area contributed by atoms with E-state index in [0.717, 1.165) is 0 Å². The molecule has 16 heavy (non-hydrogen) atoms. The lowest BCUT2D eigenvalue weighted by Crippen LogP contribution is -2.47. The van der Waals surface area contributed by atoms with Gasteiger partial charge in [-0.15, -0.1) is 0 Å². The van der Waals surface area contributed by atoms with Crippen molar-refractivity contribution in [2.75, 3.05) is 13.3 Å². The van der Waals surface area contributed by atoms with Gasteiger partial charge in [0, 0.05) is 12.1 Å². The van der Waals surface area contributed by atoms with Gasteiger partial charge >= 0.3 is 6.03 Å². The summed E-state index contributed by atoms with van der Waals surface area (Å²) in [6.07, 6.45) is 1.35. The number of hydrogen-bond donors (Lipinski definition) is 2. The number of urea groups is 1. The first-order valence-electron chi connectivity index (χ1n) is 5.30. The highest BCUT2D eigenvalue weighted by Gasteiger charge is 2.13. The minimum absolute atomic E-state index is 0.0430. The average molecular weight is 228 g/mol. The quantitative estimate of drug-likeness (QED) is 0.398. The third-order valence-electron chi connectivity index (χ3n) is 2.13. The van der Waals surface area contributed by atoms with E-state index in [1.807, 2.05) is 0 Å². The van der Waals surface area contributed by atoms with Gasteiger partial charge in [0.25, 0.3) is 0 Å². The molecule has 0 radical (unpaired) electrons. The Labute approximate surface area is 96.1 Å². The molecule has 6 nitrogen and oxygen atoms in total. The summed E-state index contributed by atoms with van der Waals surface area (Å²) in [6, 6.07) is 0.367. The first-order valence-corrected chi connectivity index (χ1v) is 5.30. The van der Waals surface area contributed by atoms with Crippen LogP contribution in [0.3, 0.4) is 0 Å². The molecule has 2 N–H and O–H groups in total. The molecule has 92 valence electrons. The van der Waals surface area contributed by atoms with Crippen LogP contribution in [0.15, 0.2) is 4.99 Å². The second-order valence-corrected chi connectivity index (χ2v) is 3.95. The van der Waals surface area contributed by atoms with E-state index in [4.69, 9.17) is 0 Å². The maximum atomic E-state index is 11.2. The lowest BCUT2D eigenvalue weighted by Gasteiger charge is -2.30. The highest BCUT2D eigenvalue weighted by molar-refractivity contribution is 5.73. The number of amides is 2. The van der Waals surface area contributed by atoms with Crippen LogP contribution in [-0.4, -0.2) is 42.4 Å². The predicted molar refractivity (Wildman–Crippen MR) is 61.6 cm³/mol. The highest BCUT2D eigenvalue weighted by Crippen LogP contribution is 2.02. The Kier molecular flexibility index (Phi) is 7.16. The average Bonchev–Trinajstić information content (AvgIpc) is 2.17. The molecule has 0 spiro atoms. The van der Waals surface area contributed by atoms with Gasteiger partial charge in [-0.3, -0.25) is 4.90 Å². The van der Waals surface area contributed by atoms with Crippen molar-refractivity contribution in [1.82, 2.24) is 15.5 Å². The van der Waals surface area contributed by atoms with Crippen molar-refractivity contribution in [3.63, 3.8) is 0 Å². The molecule has 0 aliphatic rings. The van der Waals surface area contributed by atoms with Gasteiger partial charge in [-0.1, -0.05) is 0 Å². The molecule has 0 saturated heterocycles. The number of rotatable bonds is 6. The topological polar surface area (TPSA) is 73.8 Å². The van der Waals surface area contributed by atoms with E-state index in [2.05, 4.69) is 48.2 Å². The molecule has 6 heteroatoms. The number of hydrogen-bond acceptors (Lipinski definition) is 4. The van der Waals surface area contributed by atoms with Gasteiger partial charge in [0.05, 0.1) is 6.67 Å². The Balaban J connectivity index is 3.92. The molecule has 0 heterocycles. The lowest BCUT2D eigenvalue weighted by atomic mass is 10.2. The second kappa shape index (κ2) is 7.84. The SMILES string of the molecule is CC(C)N(CNC(=O)NCN=C=O)C(C)C. The van der Waals surface area contributed by atoms with Crippen LogP contribution in [0.1, 0.15) is 27.7 Å². The van der Waals surface area contributed by atoms with Crippen LogP contribution in [0.5, 0.6) is 0 Å². The molecule has 0 atom stereocenters. The number of isocyanates is 1. The van der Waals surface area contributed by atoms with E-state index in [1.165, 1.54) is 6.08 Å². The van der Waals surface area contributed by atoms with Crippen molar-refractivity contribution in [3.05, 3.63) is 0 Å². The third kappa shape index (κ3) is 6.16. The molecule has 0 aromatic carbocycles. The Hall–Kier alpha value is -1.39. The molecule has 0 aliphatic carbocycles. The van der Waals surface area contributed by atoms with Crippen LogP contribution in [0.4, 0.5) is 4.79 Å². The molecular formula is C10H20N4O2. The minimum atomic E-state index is -0.342. The molecule has 0 bridgehead atoms. The van der Waals surface area contributed by atoms with Crippen molar-refractivity contribution < 1.29 is 9.59 Å². The van der Waals surface area contributed by atoms with Crippen LogP contribution in [0.25, 0.3) is 0 Å². The van der Waals surface area contributed by atoms with Crippen LogP contribution in [-0.2, 0) is 4.79 Å². The Morgan fingerprint density at radius 3 is 2.25 bits per heavy atom. The van der Waals surface area contributed by atoms with Gasteiger partial charge in [0.1, 0.15) is 6.67 Å². The van der Waals surface area contributed by atoms with Crippen molar-refractivity contribution >= 4 is 12.1 Å². The molecule has 0 fully saturated rings. The summed E-state index contributed by atoms with van der Waals surface area (Å²) in [6.45, 7) is 8.68. The summed E-state index contributed by atoms with van der Waals surface area (Å²) in [7, 11) is 0. The zero-order valence-electron chi connectivity index (χ0n) is 10.3. The summed E-state index contributed by atoms with van der Waals surface area (Å²) < 4.78 is 0. The fourth-order valence-corrected chi connectivity index (χ4v) is 1.33. The summed E-state index contributed by atoms with van der Waals surface area (Å²) >= 11 is 0. The predicted octanol–water partition coefficient (Wildman–Crippen LogP) is 0.655. The molecule has 0 unspecified atom stereocenters. The van der Waals surface area contributed by atoms with Crippen molar-refractivity contribution in [2.24, 2.45) is 4.99 Å². The molecule has 0 saturated carbocycles. The monoisotopic (exact) mass is 228 g/mol. The van der Waals surface area contributed by atoms with E-state index in [9.17, 15) is 9.59 Å². The minimum Gasteiger partial charge on any atom is -0.325 e. The van der Waals surface area contributed by atoms with Crippen molar-refractivity contribution in [1.29, 1.82) is 0 Å². The maximum absolute atomic E-state index is 11.2.